The molecule has 0 spiro atoms. The van der Waals surface area contributed by atoms with Crippen LogP contribution in [0.25, 0.3) is 21.7 Å². The Kier molecular flexibility index (Phi) is 4.38. The Bertz CT molecular complexity index is 1020. The summed E-state index contributed by atoms with van der Waals surface area (Å²) in [7, 11) is 0. The van der Waals surface area contributed by atoms with E-state index in [0.29, 0.717) is 16.7 Å². The van der Waals surface area contributed by atoms with E-state index in [1.165, 1.54) is 13.0 Å². The van der Waals surface area contributed by atoms with Gasteiger partial charge in [0.15, 0.2) is 6.61 Å². The van der Waals surface area contributed by atoms with E-state index in [9.17, 15) is 14.4 Å². The van der Waals surface area contributed by atoms with Crippen LogP contribution in [0.2, 0.25) is 0 Å². The van der Waals surface area contributed by atoms with E-state index in [-0.39, 0.29) is 6.61 Å². The normalized spacial score (nSPS) is 12.0. The van der Waals surface area contributed by atoms with Gasteiger partial charge in [-0.15, -0.1) is 0 Å². The summed E-state index contributed by atoms with van der Waals surface area (Å²) in [5.41, 5.74) is -0.103. The Balaban J connectivity index is 1.82. The molecule has 0 saturated carbocycles. The van der Waals surface area contributed by atoms with Gasteiger partial charge >= 0.3 is 11.6 Å². The number of carboxylic acid groups (broad SMARTS) is 1. The van der Waals surface area contributed by atoms with Crippen LogP contribution < -0.4 is 15.7 Å². The summed E-state index contributed by atoms with van der Waals surface area (Å²) in [6.07, 6.45) is 0. The highest BCUT2D eigenvalue weighted by Crippen LogP contribution is 2.26. The molecule has 7 heteroatoms. The minimum absolute atomic E-state index is 0.337. The van der Waals surface area contributed by atoms with Gasteiger partial charge in [0, 0.05) is 11.5 Å². The number of nitrogens with one attached hydrogen (secondary N) is 1. The quantitative estimate of drug-likeness (QED) is 0.542. The monoisotopic (exact) mass is 341 g/mol. The molecule has 1 aromatic heterocycles. The number of hydrogen-bond acceptors (Lipinski definition) is 5. The largest absolute Gasteiger partial charge is 0.484 e. The maximum Gasteiger partial charge on any atom is 0.344 e. The molecule has 3 aromatic rings. The minimum Gasteiger partial charge on any atom is -0.484 e. The molecule has 0 fully saturated rings. The lowest BCUT2D eigenvalue weighted by atomic mass is 10.1. The van der Waals surface area contributed by atoms with Crippen molar-refractivity contribution in [3.63, 3.8) is 0 Å². The van der Waals surface area contributed by atoms with Crippen molar-refractivity contribution in [1.82, 2.24) is 5.32 Å². The van der Waals surface area contributed by atoms with Crippen molar-refractivity contribution in [2.45, 2.75) is 13.0 Å². The third-order valence-electron chi connectivity index (χ3n) is 3.71. The number of rotatable bonds is 5. The van der Waals surface area contributed by atoms with Gasteiger partial charge in [0.2, 0.25) is 0 Å². The van der Waals surface area contributed by atoms with E-state index in [1.54, 1.807) is 24.3 Å². The van der Waals surface area contributed by atoms with E-state index in [4.69, 9.17) is 14.3 Å². The Morgan fingerprint density at radius 1 is 1.16 bits per heavy atom. The molecule has 2 N–H and O–H groups in total. The van der Waals surface area contributed by atoms with Crippen LogP contribution in [0, 0.1) is 0 Å². The molecule has 7 nitrogen and oxygen atoms in total. The number of ether oxygens (including phenoxy) is 1. The second-order valence-electron chi connectivity index (χ2n) is 5.51. The molecule has 2 aromatic carbocycles. The fourth-order valence-electron chi connectivity index (χ4n) is 2.44. The number of carbonyl (C=O) groups excluding carboxylic acids is 1. The predicted molar refractivity (Wildman–Crippen MR) is 90.7 cm³/mol. The van der Waals surface area contributed by atoms with Crippen LogP contribution in [0.15, 0.2) is 51.7 Å². The molecule has 1 unspecified atom stereocenters. The van der Waals surface area contributed by atoms with Gasteiger partial charge < -0.3 is 19.6 Å². The number of aliphatic carboxylic acids is 1. The van der Waals surface area contributed by atoms with E-state index >= 15 is 0 Å². The van der Waals surface area contributed by atoms with Crippen LogP contribution in [0.1, 0.15) is 6.92 Å². The SMILES string of the molecule is CC(NC(=O)COc1ccc2c(c1)oc(=O)c1ccccc12)C(=O)O. The maximum atomic E-state index is 12.0. The molecule has 0 aliphatic heterocycles. The van der Waals surface area contributed by atoms with Gasteiger partial charge in [0.05, 0.1) is 5.39 Å². The van der Waals surface area contributed by atoms with Crippen molar-refractivity contribution in [2.24, 2.45) is 0 Å². The zero-order chi connectivity index (χ0) is 18.0. The molecule has 1 atom stereocenters. The molecule has 1 amide bonds. The fraction of sp³-hybridized carbons (Fsp3) is 0.167. The summed E-state index contributed by atoms with van der Waals surface area (Å²) in [6.45, 7) is 1.01. The lowest BCUT2D eigenvalue weighted by Crippen LogP contribution is -2.40. The van der Waals surface area contributed by atoms with E-state index in [0.717, 1.165) is 10.8 Å². The summed E-state index contributed by atoms with van der Waals surface area (Å²) < 4.78 is 10.6. The van der Waals surface area contributed by atoms with Crippen LogP contribution in [-0.4, -0.2) is 29.6 Å². The summed E-state index contributed by atoms with van der Waals surface area (Å²) in [6, 6.07) is 11.0. The van der Waals surface area contributed by atoms with Crippen molar-refractivity contribution >= 4 is 33.6 Å². The van der Waals surface area contributed by atoms with Crippen molar-refractivity contribution < 1.29 is 23.8 Å². The van der Waals surface area contributed by atoms with Crippen LogP contribution >= 0.6 is 0 Å². The van der Waals surface area contributed by atoms with Crippen LogP contribution in [0.3, 0.4) is 0 Å². The lowest BCUT2D eigenvalue weighted by molar-refractivity contribution is -0.141. The highest BCUT2D eigenvalue weighted by molar-refractivity contribution is 6.04. The zero-order valence-corrected chi connectivity index (χ0v) is 13.3. The standard InChI is InChI=1S/C18H15NO6/c1-10(17(21)22)19-16(20)9-24-11-6-7-13-12-4-2-3-5-14(12)18(23)25-15(13)8-11/h2-8,10H,9H2,1H3,(H,19,20)(H,21,22). The molecule has 0 radical (unpaired) electrons. The molecule has 0 aliphatic rings. The second kappa shape index (κ2) is 6.64. The molecular weight excluding hydrogens is 326 g/mol. The molecular formula is C18H15NO6. The van der Waals surface area contributed by atoms with Gasteiger partial charge in [0.1, 0.15) is 17.4 Å². The van der Waals surface area contributed by atoms with Crippen molar-refractivity contribution in [3.05, 3.63) is 52.9 Å². The molecule has 128 valence electrons. The zero-order valence-electron chi connectivity index (χ0n) is 13.3. The number of benzene rings is 2. The fourth-order valence-corrected chi connectivity index (χ4v) is 2.44. The topological polar surface area (TPSA) is 106 Å². The Labute approximate surface area is 141 Å². The van der Waals surface area contributed by atoms with Crippen LogP contribution in [0.5, 0.6) is 5.75 Å². The first kappa shape index (κ1) is 16.5. The summed E-state index contributed by atoms with van der Waals surface area (Å²) in [5.74, 6) is -1.35. The predicted octanol–water partition coefficient (Wildman–Crippen LogP) is 1.91. The summed E-state index contributed by atoms with van der Waals surface area (Å²) in [5, 5.41) is 13.1. The number of amides is 1. The third kappa shape index (κ3) is 3.45. The average molecular weight is 341 g/mol. The minimum atomic E-state index is -1.13. The van der Waals surface area contributed by atoms with Gasteiger partial charge in [-0.1, -0.05) is 18.2 Å². The number of carboxylic acids is 1. The van der Waals surface area contributed by atoms with Crippen molar-refractivity contribution in [2.75, 3.05) is 6.61 Å². The Hall–Kier alpha value is -3.35. The van der Waals surface area contributed by atoms with Gasteiger partial charge in [0.25, 0.3) is 5.91 Å². The van der Waals surface area contributed by atoms with E-state index in [2.05, 4.69) is 5.32 Å². The number of hydrogen-bond donors (Lipinski definition) is 2. The van der Waals surface area contributed by atoms with E-state index in [1.807, 2.05) is 12.1 Å². The number of carbonyl (C=O) groups is 2. The van der Waals surface area contributed by atoms with Gasteiger partial charge in [-0.25, -0.2) is 4.79 Å². The third-order valence-corrected chi connectivity index (χ3v) is 3.71. The summed E-state index contributed by atoms with van der Waals surface area (Å²) >= 11 is 0. The first-order valence-electron chi connectivity index (χ1n) is 7.56. The Morgan fingerprint density at radius 2 is 1.88 bits per heavy atom. The smallest absolute Gasteiger partial charge is 0.344 e. The maximum absolute atomic E-state index is 12.0. The molecule has 0 bridgehead atoms. The number of fused-ring (bicyclic) bond motifs is 3. The Morgan fingerprint density at radius 3 is 2.60 bits per heavy atom. The van der Waals surface area contributed by atoms with Crippen molar-refractivity contribution in [1.29, 1.82) is 0 Å². The van der Waals surface area contributed by atoms with E-state index < -0.39 is 23.5 Å². The van der Waals surface area contributed by atoms with Gasteiger partial charge in [-0.3, -0.25) is 9.59 Å². The first-order valence-corrected chi connectivity index (χ1v) is 7.56. The second-order valence-corrected chi connectivity index (χ2v) is 5.51. The highest BCUT2D eigenvalue weighted by Gasteiger charge is 2.14. The first-order chi connectivity index (χ1) is 12.0. The van der Waals surface area contributed by atoms with Crippen LogP contribution in [0.4, 0.5) is 0 Å². The molecule has 1 heterocycles. The molecule has 25 heavy (non-hydrogen) atoms. The van der Waals surface area contributed by atoms with Gasteiger partial charge in [-0.05, 0) is 30.5 Å². The molecule has 0 aliphatic carbocycles. The summed E-state index contributed by atoms with van der Waals surface area (Å²) in [4.78, 5) is 34.4. The molecule has 3 rings (SSSR count). The lowest BCUT2D eigenvalue weighted by Gasteiger charge is -2.10. The average Bonchev–Trinajstić information content (AvgIpc) is 2.60. The van der Waals surface area contributed by atoms with Crippen LogP contribution in [-0.2, 0) is 9.59 Å². The van der Waals surface area contributed by atoms with Crippen molar-refractivity contribution in [3.8, 4) is 5.75 Å². The van der Waals surface area contributed by atoms with Gasteiger partial charge in [-0.2, -0.15) is 0 Å². The molecule has 0 saturated heterocycles. The highest BCUT2D eigenvalue weighted by atomic mass is 16.5.